The normalized spacial score (nSPS) is 13.1. The summed E-state index contributed by atoms with van der Waals surface area (Å²) in [4.78, 5) is 20.3. The van der Waals surface area contributed by atoms with Crippen molar-refractivity contribution in [2.24, 2.45) is 5.73 Å². The van der Waals surface area contributed by atoms with E-state index in [4.69, 9.17) is 5.73 Å². The molecule has 0 aliphatic heterocycles. The van der Waals surface area contributed by atoms with E-state index >= 15 is 0 Å². The summed E-state index contributed by atoms with van der Waals surface area (Å²) in [6.07, 6.45) is 7.93. The number of aromatic nitrogens is 5. The van der Waals surface area contributed by atoms with E-state index in [9.17, 15) is 4.79 Å². The molecule has 134 valence electrons. The number of fused-ring (bicyclic) bond motifs is 1. The van der Waals surface area contributed by atoms with Gasteiger partial charge >= 0.3 is 0 Å². The molecule has 26 heavy (non-hydrogen) atoms. The second-order valence-electron chi connectivity index (χ2n) is 6.59. The predicted octanol–water partition coefficient (Wildman–Crippen LogP) is 1.59. The minimum Gasteiger partial charge on any atom is -0.369 e. The van der Waals surface area contributed by atoms with Crippen molar-refractivity contribution in [2.75, 3.05) is 0 Å². The standard InChI is InChI=1S/C19H22N6O/c1-2-18-21-9-10-24(18)12-19-22-17(11-16(20)26)23-25(19)15-8-4-6-13-5-3-7-14(13)15/h4,6,8-10H,2-3,5,7,11-12H2,1H3,(H2,20,26). The molecule has 1 amide bonds. The van der Waals surface area contributed by atoms with Crippen LogP contribution in [0, 0.1) is 0 Å². The molecule has 0 saturated carbocycles. The summed E-state index contributed by atoms with van der Waals surface area (Å²) < 4.78 is 3.94. The fourth-order valence-electron chi connectivity index (χ4n) is 3.67. The molecular formula is C19H22N6O. The van der Waals surface area contributed by atoms with Gasteiger partial charge in [0, 0.05) is 18.8 Å². The summed E-state index contributed by atoms with van der Waals surface area (Å²) in [5.41, 5.74) is 9.10. The van der Waals surface area contributed by atoms with Gasteiger partial charge in [-0.25, -0.2) is 14.6 Å². The van der Waals surface area contributed by atoms with Crippen LogP contribution in [0.15, 0.2) is 30.6 Å². The monoisotopic (exact) mass is 350 g/mol. The summed E-state index contributed by atoms with van der Waals surface area (Å²) in [5.74, 6) is 1.81. The summed E-state index contributed by atoms with van der Waals surface area (Å²) in [6.45, 7) is 2.63. The number of carbonyl (C=O) groups is 1. The fraction of sp³-hybridized carbons (Fsp3) is 0.368. The number of aryl methyl sites for hydroxylation is 2. The highest BCUT2D eigenvalue weighted by Gasteiger charge is 2.20. The van der Waals surface area contributed by atoms with Crippen molar-refractivity contribution in [1.82, 2.24) is 24.3 Å². The maximum atomic E-state index is 11.3. The minimum absolute atomic E-state index is 0.0413. The summed E-state index contributed by atoms with van der Waals surface area (Å²) >= 11 is 0. The average molecular weight is 350 g/mol. The quantitative estimate of drug-likeness (QED) is 0.731. The molecule has 7 heteroatoms. The SMILES string of the molecule is CCc1nccn1Cc1nc(CC(N)=O)nn1-c1cccc2c1CCC2. The number of benzene rings is 1. The second-order valence-corrected chi connectivity index (χ2v) is 6.59. The van der Waals surface area contributed by atoms with Gasteiger partial charge < -0.3 is 10.3 Å². The van der Waals surface area contributed by atoms with Crippen LogP contribution in [0.5, 0.6) is 0 Å². The predicted molar refractivity (Wildman–Crippen MR) is 97.0 cm³/mol. The highest BCUT2D eigenvalue weighted by molar-refractivity contribution is 5.75. The lowest BCUT2D eigenvalue weighted by molar-refractivity contribution is -0.117. The van der Waals surface area contributed by atoms with Gasteiger partial charge in [-0.15, -0.1) is 0 Å². The number of hydrogen-bond acceptors (Lipinski definition) is 4. The molecule has 3 aromatic rings. The Balaban J connectivity index is 1.79. The van der Waals surface area contributed by atoms with E-state index < -0.39 is 5.91 Å². The number of rotatable bonds is 6. The van der Waals surface area contributed by atoms with E-state index in [2.05, 4.69) is 44.8 Å². The van der Waals surface area contributed by atoms with Gasteiger partial charge in [0.15, 0.2) is 11.6 Å². The van der Waals surface area contributed by atoms with Crippen LogP contribution in [-0.2, 0) is 37.0 Å². The first kappa shape index (κ1) is 16.5. The van der Waals surface area contributed by atoms with Crippen molar-refractivity contribution in [3.8, 4) is 5.69 Å². The molecular weight excluding hydrogens is 328 g/mol. The first-order valence-corrected chi connectivity index (χ1v) is 9.00. The lowest BCUT2D eigenvalue weighted by Crippen LogP contribution is -2.14. The van der Waals surface area contributed by atoms with E-state index in [0.29, 0.717) is 12.4 Å². The zero-order chi connectivity index (χ0) is 18.1. The van der Waals surface area contributed by atoms with E-state index in [-0.39, 0.29) is 6.42 Å². The number of carbonyl (C=O) groups excluding carboxylic acids is 1. The average Bonchev–Trinajstić information content (AvgIpc) is 3.33. The molecule has 1 aromatic carbocycles. The zero-order valence-electron chi connectivity index (χ0n) is 14.9. The van der Waals surface area contributed by atoms with Gasteiger partial charge in [0.05, 0.1) is 18.7 Å². The highest BCUT2D eigenvalue weighted by atomic mass is 16.1. The van der Waals surface area contributed by atoms with Crippen molar-refractivity contribution >= 4 is 5.91 Å². The van der Waals surface area contributed by atoms with Gasteiger partial charge in [-0.1, -0.05) is 19.1 Å². The van der Waals surface area contributed by atoms with E-state index in [1.807, 2.05) is 10.9 Å². The third-order valence-corrected chi connectivity index (χ3v) is 4.83. The van der Waals surface area contributed by atoms with E-state index in [0.717, 1.165) is 43.0 Å². The van der Waals surface area contributed by atoms with E-state index in [1.54, 1.807) is 6.20 Å². The summed E-state index contributed by atoms with van der Waals surface area (Å²) in [7, 11) is 0. The first-order chi connectivity index (χ1) is 12.7. The Labute approximate surface area is 151 Å². The van der Waals surface area contributed by atoms with Crippen LogP contribution in [0.2, 0.25) is 0 Å². The van der Waals surface area contributed by atoms with Crippen molar-refractivity contribution in [1.29, 1.82) is 0 Å². The number of imidazole rings is 1. The van der Waals surface area contributed by atoms with Crippen molar-refractivity contribution < 1.29 is 4.79 Å². The highest BCUT2D eigenvalue weighted by Crippen LogP contribution is 2.28. The molecule has 0 unspecified atom stereocenters. The summed E-state index contributed by atoms with van der Waals surface area (Å²) in [5, 5.41) is 4.61. The third kappa shape index (κ3) is 3.00. The molecule has 0 bridgehead atoms. The largest absolute Gasteiger partial charge is 0.369 e. The Morgan fingerprint density at radius 3 is 2.96 bits per heavy atom. The Morgan fingerprint density at radius 2 is 2.15 bits per heavy atom. The van der Waals surface area contributed by atoms with Crippen LogP contribution in [-0.4, -0.2) is 30.2 Å². The second kappa shape index (κ2) is 6.74. The lowest BCUT2D eigenvalue weighted by atomic mass is 10.1. The van der Waals surface area contributed by atoms with Gasteiger partial charge in [0.25, 0.3) is 0 Å². The molecule has 2 heterocycles. The smallest absolute Gasteiger partial charge is 0.225 e. The van der Waals surface area contributed by atoms with Crippen molar-refractivity contribution in [3.63, 3.8) is 0 Å². The first-order valence-electron chi connectivity index (χ1n) is 9.00. The molecule has 1 aliphatic carbocycles. The van der Waals surface area contributed by atoms with Gasteiger partial charge in [0.2, 0.25) is 5.91 Å². The topological polar surface area (TPSA) is 91.6 Å². The molecule has 2 N–H and O–H groups in total. The van der Waals surface area contributed by atoms with Crippen LogP contribution in [0.4, 0.5) is 0 Å². The Bertz CT molecular complexity index is 955. The summed E-state index contributed by atoms with van der Waals surface area (Å²) in [6, 6.07) is 6.32. The van der Waals surface area contributed by atoms with Crippen LogP contribution < -0.4 is 5.73 Å². The molecule has 1 aliphatic rings. The van der Waals surface area contributed by atoms with Crippen LogP contribution in [0.25, 0.3) is 5.69 Å². The number of hydrogen-bond donors (Lipinski definition) is 1. The van der Waals surface area contributed by atoms with Crippen LogP contribution >= 0.6 is 0 Å². The number of nitrogens with zero attached hydrogens (tertiary/aromatic N) is 5. The Hall–Kier alpha value is -2.96. The van der Waals surface area contributed by atoms with Gasteiger partial charge in [-0.05, 0) is 36.5 Å². The maximum Gasteiger partial charge on any atom is 0.225 e. The molecule has 0 fully saturated rings. The fourth-order valence-corrected chi connectivity index (χ4v) is 3.67. The van der Waals surface area contributed by atoms with Gasteiger partial charge in [-0.3, -0.25) is 4.79 Å². The molecule has 0 spiro atoms. The van der Waals surface area contributed by atoms with Crippen molar-refractivity contribution in [2.45, 2.75) is 45.6 Å². The number of primary amides is 1. The zero-order valence-corrected chi connectivity index (χ0v) is 14.9. The van der Waals surface area contributed by atoms with Crippen LogP contribution in [0.3, 0.4) is 0 Å². The maximum absolute atomic E-state index is 11.3. The van der Waals surface area contributed by atoms with Gasteiger partial charge in [0.1, 0.15) is 5.82 Å². The lowest BCUT2D eigenvalue weighted by Gasteiger charge is -2.12. The molecule has 0 saturated heterocycles. The molecule has 0 radical (unpaired) electrons. The molecule has 7 nitrogen and oxygen atoms in total. The molecule has 0 atom stereocenters. The number of amides is 1. The Kier molecular flexibility index (Phi) is 4.28. The minimum atomic E-state index is -0.427. The van der Waals surface area contributed by atoms with Crippen LogP contribution in [0.1, 0.15) is 41.9 Å². The third-order valence-electron chi connectivity index (χ3n) is 4.83. The molecule has 2 aromatic heterocycles. The Morgan fingerprint density at radius 1 is 1.27 bits per heavy atom. The van der Waals surface area contributed by atoms with Crippen molar-refractivity contribution in [3.05, 3.63) is 59.2 Å². The number of nitrogens with two attached hydrogens (primary N) is 1. The molecule has 4 rings (SSSR count). The van der Waals surface area contributed by atoms with Gasteiger partial charge in [-0.2, -0.15) is 5.10 Å². The van der Waals surface area contributed by atoms with E-state index in [1.165, 1.54) is 11.1 Å².